The molecule has 0 unspecified atom stereocenters. The average molecular weight is 289 g/mol. The SMILES string of the molecule is CC(C)Cn1ccnc(Oc2cccc([N+](=O)[O-])c2)c1=O. The lowest BCUT2D eigenvalue weighted by Crippen LogP contribution is -2.23. The van der Waals surface area contributed by atoms with Gasteiger partial charge in [-0.3, -0.25) is 14.9 Å². The highest BCUT2D eigenvalue weighted by Crippen LogP contribution is 2.22. The van der Waals surface area contributed by atoms with Crippen molar-refractivity contribution in [3.05, 3.63) is 57.1 Å². The highest BCUT2D eigenvalue weighted by Gasteiger charge is 2.11. The van der Waals surface area contributed by atoms with Gasteiger partial charge in [0.15, 0.2) is 0 Å². The summed E-state index contributed by atoms with van der Waals surface area (Å²) in [4.78, 5) is 26.3. The number of non-ortho nitro benzene ring substituents is 1. The molecule has 0 radical (unpaired) electrons. The minimum atomic E-state index is -0.525. The predicted molar refractivity (Wildman–Crippen MR) is 76.5 cm³/mol. The molecule has 2 rings (SSSR count). The second-order valence-electron chi connectivity index (χ2n) is 4.94. The lowest BCUT2D eigenvalue weighted by atomic mass is 10.2. The molecule has 0 amide bonds. The Balaban J connectivity index is 2.30. The highest BCUT2D eigenvalue weighted by molar-refractivity contribution is 5.39. The molecular weight excluding hydrogens is 274 g/mol. The first-order valence-corrected chi connectivity index (χ1v) is 6.45. The van der Waals surface area contributed by atoms with Gasteiger partial charge in [-0.25, -0.2) is 4.98 Å². The molecule has 110 valence electrons. The van der Waals surface area contributed by atoms with Crippen LogP contribution in [0.15, 0.2) is 41.5 Å². The molecule has 0 saturated heterocycles. The summed E-state index contributed by atoms with van der Waals surface area (Å²) in [6, 6.07) is 5.63. The smallest absolute Gasteiger partial charge is 0.313 e. The maximum atomic E-state index is 12.2. The average Bonchev–Trinajstić information content (AvgIpc) is 2.43. The zero-order chi connectivity index (χ0) is 15.4. The fourth-order valence-corrected chi connectivity index (χ4v) is 1.81. The van der Waals surface area contributed by atoms with E-state index in [0.717, 1.165) is 0 Å². The molecule has 0 aliphatic rings. The normalized spacial score (nSPS) is 10.6. The first kappa shape index (κ1) is 14.7. The van der Waals surface area contributed by atoms with E-state index in [2.05, 4.69) is 4.98 Å². The fourth-order valence-electron chi connectivity index (χ4n) is 1.81. The van der Waals surface area contributed by atoms with Crippen LogP contribution in [0.1, 0.15) is 13.8 Å². The summed E-state index contributed by atoms with van der Waals surface area (Å²) in [5.41, 5.74) is -0.469. The van der Waals surface area contributed by atoms with E-state index < -0.39 is 4.92 Å². The van der Waals surface area contributed by atoms with Crippen molar-refractivity contribution in [3.63, 3.8) is 0 Å². The van der Waals surface area contributed by atoms with Gasteiger partial charge in [-0.2, -0.15) is 0 Å². The zero-order valence-corrected chi connectivity index (χ0v) is 11.7. The van der Waals surface area contributed by atoms with Crippen molar-refractivity contribution in [1.29, 1.82) is 0 Å². The van der Waals surface area contributed by atoms with Crippen LogP contribution in [0.2, 0.25) is 0 Å². The van der Waals surface area contributed by atoms with Gasteiger partial charge in [0, 0.05) is 25.0 Å². The van der Waals surface area contributed by atoms with Gasteiger partial charge in [0.05, 0.1) is 11.0 Å². The summed E-state index contributed by atoms with van der Waals surface area (Å²) in [7, 11) is 0. The van der Waals surface area contributed by atoms with E-state index in [1.165, 1.54) is 35.0 Å². The first-order valence-electron chi connectivity index (χ1n) is 6.45. The van der Waals surface area contributed by atoms with Crippen LogP contribution < -0.4 is 10.3 Å². The molecule has 0 bridgehead atoms. The quantitative estimate of drug-likeness (QED) is 0.623. The van der Waals surface area contributed by atoms with Gasteiger partial charge in [0.1, 0.15) is 5.75 Å². The van der Waals surface area contributed by atoms with Crippen molar-refractivity contribution in [1.82, 2.24) is 9.55 Å². The summed E-state index contributed by atoms with van der Waals surface area (Å²) < 4.78 is 6.88. The van der Waals surface area contributed by atoms with E-state index in [-0.39, 0.29) is 22.9 Å². The van der Waals surface area contributed by atoms with Crippen LogP contribution in [0, 0.1) is 16.0 Å². The maximum Gasteiger partial charge on any atom is 0.313 e. The van der Waals surface area contributed by atoms with Gasteiger partial charge in [0.25, 0.3) is 11.6 Å². The molecule has 1 heterocycles. The van der Waals surface area contributed by atoms with E-state index in [9.17, 15) is 14.9 Å². The monoisotopic (exact) mass is 289 g/mol. The fraction of sp³-hybridized carbons (Fsp3) is 0.286. The van der Waals surface area contributed by atoms with E-state index in [1.54, 1.807) is 6.20 Å². The van der Waals surface area contributed by atoms with Crippen molar-refractivity contribution >= 4 is 5.69 Å². The van der Waals surface area contributed by atoms with Gasteiger partial charge < -0.3 is 9.30 Å². The van der Waals surface area contributed by atoms with Crippen molar-refractivity contribution < 1.29 is 9.66 Å². The van der Waals surface area contributed by atoms with Gasteiger partial charge in [0.2, 0.25) is 0 Å². The van der Waals surface area contributed by atoms with E-state index in [1.807, 2.05) is 13.8 Å². The second-order valence-corrected chi connectivity index (χ2v) is 4.94. The minimum Gasteiger partial charge on any atom is -0.434 e. The van der Waals surface area contributed by atoms with E-state index in [4.69, 9.17) is 4.74 Å². The number of benzene rings is 1. The predicted octanol–water partition coefficient (Wildman–Crippen LogP) is 2.60. The van der Waals surface area contributed by atoms with Crippen LogP contribution in [-0.2, 0) is 6.54 Å². The number of nitrogens with zero attached hydrogens (tertiary/aromatic N) is 3. The third-order valence-corrected chi connectivity index (χ3v) is 2.69. The van der Waals surface area contributed by atoms with Crippen molar-refractivity contribution in [2.75, 3.05) is 0 Å². The first-order chi connectivity index (χ1) is 9.97. The van der Waals surface area contributed by atoms with Crippen LogP contribution in [-0.4, -0.2) is 14.5 Å². The number of rotatable bonds is 5. The molecule has 7 nitrogen and oxygen atoms in total. The number of hydrogen-bond donors (Lipinski definition) is 0. The third kappa shape index (κ3) is 3.65. The Morgan fingerprint density at radius 3 is 2.86 bits per heavy atom. The Bertz CT molecular complexity index is 709. The molecule has 0 atom stereocenters. The molecule has 1 aromatic carbocycles. The van der Waals surface area contributed by atoms with Crippen LogP contribution in [0.25, 0.3) is 0 Å². The maximum absolute atomic E-state index is 12.2. The Kier molecular flexibility index (Phi) is 4.32. The molecule has 0 N–H and O–H groups in total. The Labute approximate surface area is 121 Å². The van der Waals surface area contributed by atoms with Gasteiger partial charge in [-0.15, -0.1) is 0 Å². The number of hydrogen-bond acceptors (Lipinski definition) is 5. The third-order valence-electron chi connectivity index (χ3n) is 2.69. The van der Waals surface area contributed by atoms with Crippen LogP contribution in [0.4, 0.5) is 5.69 Å². The van der Waals surface area contributed by atoms with Crippen LogP contribution in [0.3, 0.4) is 0 Å². The van der Waals surface area contributed by atoms with Crippen LogP contribution in [0.5, 0.6) is 11.6 Å². The summed E-state index contributed by atoms with van der Waals surface area (Å²) >= 11 is 0. The number of ether oxygens (including phenoxy) is 1. The minimum absolute atomic E-state index is 0.0985. The molecule has 0 aliphatic heterocycles. The Hall–Kier alpha value is -2.70. The number of nitro groups is 1. The molecule has 2 aromatic rings. The molecular formula is C14H15N3O4. The van der Waals surface area contributed by atoms with Gasteiger partial charge in [-0.05, 0) is 12.0 Å². The Morgan fingerprint density at radius 1 is 1.43 bits per heavy atom. The van der Waals surface area contributed by atoms with Crippen LogP contribution >= 0.6 is 0 Å². The topological polar surface area (TPSA) is 87.3 Å². The Morgan fingerprint density at radius 2 is 2.19 bits per heavy atom. The largest absolute Gasteiger partial charge is 0.434 e. The van der Waals surface area contributed by atoms with E-state index in [0.29, 0.717) is 12.5 Å². The molecule has 0 fully saturated rings. The number of nitro benzene ring substituents is 1. The molecule has 7 heteroatoms. The molecule has 0 saturated carbocycles. The second kappa shape index (κ2) is 6.17. The lowest BCUT2D eigenvalue weighted by molar-refractivity contribution is -0.384. The standard InChI is InChI=1S/C14H15N3O4/c1-10(2)9-16-7-6-15-13(14(16)18)21-12-5-3-4-11(8-12)17(19)20/h3-8,10H,9H2,1-2H3. The van der Waals surface area contributed by atoms with Crippen molar-refractivity contribution in [3.8, 4) is 11.6 Å². The zero-order valence-electron chi connectivity index (χ0n) is 11.7. The van der Waals surface area contributed by atoms with Crippen molar-refractivity contribution in [2.45, 2.75) is 20.4 Å². The van der Waals surface area contributed by atoms with Crippen molar-refractivity contribution in [2.24, 2.45) is 5.92 Å². The summed E-state index contributed by atoms with van der Waals surface area (Å²) in [6.07, 6.45) is 3.05. The lowest BCUT2D eigenvalue weighted by Gasteiger charge is -2.10. The molecule has 1 aromatic heterocycles. The summed E-state index contributed by atoms with van der Waals surface area (Å²) in [6.45, 7) is 4.54. The van der Waals surface area contributed by atoms with Gasteiger partial charge in [-0.1, -0.05) is 19.9 Å². The summed E-state index contributed by atoms with van der Waals surface area (Å²) in [5.74, 6) is 0.408. The molecule has 0 spiro atoms. The number of aromatic nitrogens is 2. The van der Waals surface area contributed by atoms with Gasteiger partial charge >= 0.3 is 5.56 Å². The molecule has 0 aliphatic carbocycles. The highest BCUT2D eigenvalue weighted by atomic mass is 16.6. The summed E-state index contributed by atoms with van der Waals surface area (Å²) in [5, 5.41) is 10.7. The van der Waals surface area contributed by atoms with E-state index >= 15 is 0 Å². The molecule has 21 heavy (non-hydrogen) atoms.